The number of rotatable bonds is 2. The van der Waals surface area contributed by atoms with Crippen LogP contribution in [0.1, 0.15) is 29.6 Å². The lowest BCUT2D eigenvalue weighted by Crippen LogP contribution is -2.42. The maximum absolute atomic E-state index is 12.8. The van der Waals surface area contributed by atoms with Crippen LogP contribution in [0, 0.1) is 0 Å². The summed E-state index contributed by atoms with van der Waals surface area (Å²) in [4.78, 5) is 14.8. The van der Waals surface area contributed by atoms with Gasteiger partial charge in [0.05, 0.1) is 11.7 Å². The molecular weight excluding hydrogens is 266 g/mol. The number of nitrogens with zero attached hydrogens (tertiary/aromatic N) is 5. The second-order valence-electron chi connectivity index (χ2n) is 5.48. The summed E-state index contributed by atoms with van der Waals surface area (Å²) in [6.07, 6.45) is 9.01. The highest BCUT2D eigenvalue weighted by molar-refractivity contribution is 5.95. The predicted octanol–water partition coefficient (Wildman–Crippen LogP) is 1.60. The van der Waals surface area contributed by atoms with Crippen LogP contribution in [-0.4, -0.2) is 43.1 Å². The van der Waals surface area contributed by atoms with E-state index in [0.29, 0.717) is 11.6 Å². The van der Waals surface area contributed by atoms with Crippen LogP contribution < -0.4 is 0 Å². The summed E-state index contributed by atoms with van der Waals surface area (Å²) < 4.78 is 1.56. The van der Waals surface area contributed by atoms with Crippen LogP contribution in [0.25, 0.3) is 5.69 Å². The summed E-state index contributed by atoms with van der Waals surface area (Å²) >= 11 is 0. The van der Waals surface area contributed by atoms with Crippen molar-refractivity contribution in [2.24, 2.45) is 0 Å². The van der Waals surface area contributed by atoms with Gasteiger partial charge in [-0.05, 0) is 47.9 Å². The minimum Gasteiger partial charge on any atom is -0.329 e. The Morgan fingerprint density at radius 2 is 2.24 bits per heavy atom. The number of benzene rings is 1. The first kappa shape index (κ1) is 12.3. The molecule has 0 spiro atoms. The van der Waals surface area contributed by atoms with Gasteiger partial charge in [-0.2, -0.15) is 0 Å². The molecule has 0 N–H and O–H groups in total. The molecule has 1 saturated heterocycles. The Balaban J connectivity index is 1.66. The first-order chi connectivity index (χ1) is 10.3. The molecule has 0 aliphatic carbocycles. The Bertz CT molecular complexity index is 694. The molecule has 1 aromatic carbocycles. The maximum Gasteiger partial charge on any atom is 0.254 e. The number of carbonyl (C=O) groups excluding carboxylic acids is 1. The van der Waals surface area contributed by atoms with Gasteiger partial charge in [-0.1, -0.05) is 18.2 Å². The van der Waals surface area contributed by atoms with E-state index in [1.165, 1.54) is 6.33 Å². The Kier molecular flexibility index (Phi) is 2.80. The summed E-state index contributed by atoms with van der Waals surface area (Å²) in [6.45, 7) is 0. The van der Waals surface area contributed by atoms with E-state index in [9.17, 15) is 4.79 Å². The van der Waals surface area contributed by atoms with Gasteiger partial charge in [0, 0.05) is 11.6 Å². The van der Waals surface area contributed by atoms with E-state index < -0.39 is 0 Å². The Morgan fingerprint density at radius 1 is 1.29 bits per heavy atom. The van der Waals surface area contributed by atoms with Crippen molar-refractivity contribution in [2.75, 3.05) is 0 Å². The van der Waals surface area contributed by atoms with Crippen LogP contribution in [0.5, 0.6) is 0 Å². The average molecular weight is 281 g/mol. The van der Waals surface area contributed by atoms with Crippen LogP contribution in [0.2, 0.25) is 0 Å². The highest BCUT2D eigenvalue weighted by Gasteiger charge is 2.37. The van der Waals surface area contributed by atoms with Gasteiger partial charge in [-0.25, -0.2) is 4.68 Å². The minimum absolute atomic E-state index is 0.0989. The molecule has 2 atom stereocenters. The standard InChI is InChI=1S/C15H15N5O/c21-15(20-12-4-2-5-13(20)8-7-12)11-3-1-6-14(9-11)19-10-16-17-18-19/h1-4,6,9-10,12-13H,5,7-8H2. The Morgan fingerprint density at radius 3 is 3.05 bits per heavy atom. The van der Waals surface area contributed by atoms with Gasteiger partial charge in [0.25, 0.3) is 5.91 Å². The van der Waals surface area contributed by atoms with E-state index in [2.05, 4.69) is 27.7 Å². The van der Waals surface area contributed by atoms with Gasteiger partial charge in [-0.3, -0.25) is 4.79 Å². The summed E-state index contributed by atoms with van der Waals surface area (Å²) in [6, 6.07) is 8.06. The zero-order valence-electron chi connectivity index (χ0n) is 11.5. The van der Waals surface area contributed by atoms with E-state index in [1.807, 2.05) is 29.2 Å². The SMILES string of the molecule is O=C(c1cccc(-n2cnnn2)c1)N1C2C=CCC1CC2. The van der Waals surface area contributed by atoms with Crippen LogP contribution in [0.15, 0.2) is 42.7 Å². The molecule has 4 rings (SSSR count). The predicted molar refractivity (Wildman–Crippen MR) is 75.9 cm³/mol. The lowest BCUT2D eigenvalue weighted by atomic mass is 10.1. The van der Waals surface area contributed by atoms with Crippen molar-refractivity contribution in [3.8, 4) is 5.69 Å². The molecule has 2 bridgehead atoms. The summed E-state index contributed by atoms with van der Waals surface area (Å²) in [5.41, 5.74) is 1.49. The third-order valence-electron chi connectivity index (χ3n) is 4.25. The molecule has 106 valence electrons. The smallest absolute Gasteiger partial charge is 0.254 e. The zero-order chi connectivity index (χ0) is 14.2. The van der Waals surface area contributed by atoms with Crippen LogP contribution in [-0.2, 0) is 0 Å². The highest BCUT2D eigenvalue weighted by Crippen LogP contribution is 2.32. The van der Waals surface area contributed by atoms with Crippen molar-refractivity contribution in [2.45, 2.75) is 31.3 Å². The molecule has 3 heterocycles. The van der Waals surface area contributed by atoms with Crippen molar-refractivity contribution in [3.63, 3.8) is 0 Å². The Hall–Kier alpha value is -2.50. The van der Waals surface area contributed by atoms with Crippen molar-refractivity contribution < 1.29 is 4.79 Å². The molecule has 6 nitrogen and oxygen atoms in total. The molecule has 6 heteroatoms. The normalized spacial score (nSPS) is 23.5. The topological polar surface area (TPSA) is 63.9 Å². The van der Waals surface area contributed by atoms with E-state index in [-0.39, 0.29) is 11.9 Å². The second-order valence-corrected chi connectivity index (χ2v) is 5.48. The number of aromatic nitrogens is 4. The number of hydrogen-bond acceptors (Lipinski definition) is 4. The van der Waals surface area contributed by atoms with Gasteiger partial charge >= 0.3 is 0 Å². The van der Waals surface area contributed by atoms with Crippen molar-refractivity contribution >= 4 is 5.91 Å². The van der Waals surface area contributed by atoms with Crippen molar-refractivity contribution in [1.29, 1.82) is 0 Å². The molecule has 0 radical (unpaired) electrons. The number of hydrogen-bond donors (Lipinski definition) is 0. The van der Waals surface area contributed by atoms with Crippen LogP contribution in [0.3, 0.4) is 0 Å². The van der Waals surface area contributed by atoms with Gasteiger partial charge in [0.1, 0.15) is 6.33 Å². The molecule has 2 aliphatic rings. The zero-order valence-corrected chi connectivity index (χ0v) is 11.5. The third kappa shape index (κ3) is 2.03. The monoisotopic (exact) mass is 281 g/mol. The van der Waals surface area contributed by atoms with Crippen LogP contribution in [0.4, 0.5) is 0 Å². The summed E-state index contributed by atoms with van der Waals surface area (Å²) in [5, 5.41) is 11.1. The number of fused-ring (bicyclic) bond motifs is 2. The molecule has 1 fully saturated rings. The van der Waals surface area contributed by atoms with Gasteiger partial charge in [0.15, 0.2) is 0 Å². The number of amides is 1. The van der Waals surface area contributed by atoms with Crippen molar-refractivity contribution in [1.82, 2.24) is 25.1 Å². The minimum atomic E-state index is 0.0989. The molecule has 2 aliphatic heterocycles. The van der Waals surface area contributed by atoms with Crippen molar-refractivity contribution in [3.05, 3.63) is 48.3 Å². The molecular formula is C15H15N5O. The van der Waals surface area contributed by atoms with E-state index in [4.69, 9.17) is 0 Å². The molecule has 0 saturated carbocycles. The fourth-order valence-corrected chi connectivity index (χ4v) is 3.25. The fraction of sp³-hybridized carbons (Fsp3) is 0.333. The number of carbonyl (C=O) groups is 1. The van der Waals surface area contributed by atoms with Gasteiger partial charge < -0.3 is 4.90 Å². The van der Waals surface area contributed by atoms with E-state index in [1.54, 1.807) is 4.68 Å². The lowest BCUT2D eigenvalue weighted by molar-refractivity contribution is 0.0689. The largest absolute Gasteiger partial charge is 0.329 e. The first-order valence-electron chi connectivity index (χ1n) is 7.16. The molecule has 2 unspecified atom stereocenters. The fourth-order valence-electron chi connectivity index (χ4n) is 3.25. The molecule has 2 aromatic rings. The lowest BCUT2D eigenvalue weighted by Gasteiger charge is -2.31. The second kappa shape index (κ2) is 4.80. The summed E-state index contributed by atoms with van der Waals surface area (Å²) in [5.74, 6) is 0.0989. The molecule has 1 aromatic heterocycles. The highest BCUT2D eigenvalue weighted by atomic mass is 16.2. The molecule has 1 amide bonds. The van der Waals surface area contributed by atoms with Gasteiger partial charge in [-0.15, -0.1) is 5.10 Å². The van der Waals surface area contributed by atoms with Gasteiger partial charge in [0.2, 0.25) is 0 Å². The first-order valence-corrected chi connectivity index (χ1v) is 7.16. The average Bonchev–Trinajstić information content (AvgIpc) is 3.14. The quantitative estimate of drug-likeness (QED) is 0.784. The molecule has 21 heavy (non-hydrogen) atoms. The van der Waals surface area contributed by atoms with E-state index in [0.717, 1.165) is 24.9 Å². The Labute approximate surface area is 122 Å². The van der Waals surface area contributed by atoms with Crippen LogP contribution >= 0.6 is 0 Å². The third-order valence-corrected chi connectivity index (χ3v) is 4.25. The van der Waals surface area contributed by atoms with E-state index >= 15 is 0 Å². The number of tetrazole rings is 1. The summed E-state index contributed by atoms with van der Waals surface area (Å²) in [7, 11) is 0. The maximum atomic E-state index is 12.8.